The van der Waals surface area contributed by atoms with Gasteiger partial charge in [0.25, 0.3) is 0 Å². The van der Waals surface area contributed by atoms with Gasteiger partial charge in [0.05, 0.1) is 0 Å². The highest BCUT2D eigenvalue weighted by Crippen LogP contribution is 2.22. The van der Waals surface area contributed by atoms with E-state index in [-0.39, 0.29) is 5.41 Å². The van der Waals surface area contributed by atoms with Gasteiger partial charge in [-0.25, -0.2) is 0 Å². The molecule has 0 saturated heterocycles. The Morgan fingerprint density at radius 2 is 1.71 bits per heavy atom. The summed E-state index contributed by atoms with van der Waals surface area (Å²) < 4.78 is 0. The quantitative estimate of drug-likeness (QED) is 0.411. The minimum absolute atomic E-state index is 0.0904. The smallest absolute Gasteiger partial charge is 0.136 e. The molecule has 0 aliphatic carbocycles. The fraction of sp³-hybridized carbons (Fsp3) is 0.364. The van der Waals surface area contributed by atoms with Crippen molar-refractivity contribution < 1.29 is 4.92 Å². The molecule has 0 fully saturated rings. The van der Waals surface area contributed by atoms with Crippen LogP contribution in [0.5, 0.6) is 0 Å². The van der Waals surface area contributed by atoms with Crippen LogP contribution < -0.4 is 0 Å². The minimum atomic E-state index is -0.438. The predicted octanol–water partition coefficient (Wildman–Crippen LogP) is 2.77. The Kier molecular flexibility index (Phi) is 2.79. The van der Waals surface area contributed by atoms with E-state index in [0.29, 0.717) is 5.56 Å². The van der Waals surface area contributed by atoms with E-state index in [1.165, 1.54) is 5.56 Å². The summed E-state index contributed by atoms with van der Waals surface area (Å²) in [6.07, 6.45) is 0. The van der Waals surface area contributed by atoms with Gasteiger partial charge in [0.1, 0.15) is 6.54 Å². The fourth-order valence-corrected chi connectivity index (χ4v) is 1.19. The summed E-state index contributed by atoms with van der Waals surface area (Å²) in [5.41, 5.74) is 1.90. The van der Waals surface area contributed by atoms with Crippen LogP contribution in [-0.2, 0) is 5.41 Å². The summed E-state index contributed by atoms with van der Waals surface area (Å²) in [6.45, 7) is 7.34. The van der Waals surface area contributed by atoms with Crippen molar-refractivity contribution in [2.75, 3.05) is 0 Å². The summed E-state index contributed by atoms with van der Waals surface area (Å²) in [5.74, 6) is 0. The van der Waals surface area contributed by atoms with E-state index >= 15 is 0 Å². The van der Waals surface area contributed by atoms with Crippen LogP contribution in [-0.4, -0.2) is 4.92 Å². The summed E-state index contributed by atoms with van der Waals surface area (Å²) >= 11 is 0. The lowest BCUT2D eigenvalue weighted by molar-refractivity contribution is -0.429. The van der Waals surface area contributed by atoms with Crippen molar-refractivity contribution in [3.63, 3.8) is 0 Å². The first-order valence-corrected chi connectivity index (χ1v) is 4.48. The Morgan fingerprint density at radius 3 is 2.07 bits per heavy atom. The standard InChI is InChI=1S/C11H14NO2/c1-11(2,3)10-6-4-9(5-7-10)8-12(13)14/h4-8H,1-3H3/q-1. The average molecular weight is 192 g/mol. The van der Waals surface area contributed by atoms with Gasteiger partial charge in [-0.3, -0.25) is 10.1 Å². The minimum Gasteiger partial charge on any atom is -0.271 e. The summed E-state index contributed by atoms with van der Waals surface area (Å²) in [7, 11) is 0. The van der Waals surface area contributed by atoms with Crippen LogP contribution in [0.3, 0.4) is 0 Å². The van der Waals surface area contributed by atoms with Gasteiger partial charge in [-0.2, -0.15) is 12.1 Å². The van der Waals surface area contributed by atoms with Crippen molar-refractivity contribution in [1.29, 1.82) is 0 Å². The van der Waals surface area contributed by atoms with E-state index in [1.807, 2.05) is 12.1 Å². The van der Waals surface area contributed by atoms with Crippen LogP contribution in [0.1, 0.15) is 31.9 Å². The van der Waals surface area contributed by atoms with E-state index in [4.69, 9.17) is 0 Å². The maximum atomic E-state index is 10.2. The van der Waals surface area contributed by atoms with Gasteiger partial charge in [0, 0.05) is 0 Å². The topological polar surface area (TPSA) is 43.1 Å². The first-order valence-electron chi connectivity index (χ1n) is 4.48. The van der Waals surface area contributed by atoms with Gasteiger partial charge >= 0.3 is 0 Å². The summed E-state index contributed by atoms with van der Waals surface area (Å²) in [4.78, 5) is 9.76. The number of nitrogens with zero attached hydrogens (tertiary/aromatic N) is 1. The zero-order valence-corrected chi connectivity index (χ0v) is 8.65. The van der Waals surface area contributed by atoms with Gasteiger partial charge in [-0.05, 0) is 10.3 Å². The predicted molar refractivity (Wildman–Crippen MR) is 55.5 cm³/mol. The average Bonchev–Trinajstić information content (AvgIpc) is 2.02. The molecule has 1 rings (SSSR count). The molecule has 0 radical (unpaired) electrons. The van der Waals surface area contributed by atoms with Gasteiger partial charge in [0.2, 0.25) is 0 Å². The highest BCUT2D eigenvalue weighted by Gasteiger charge is 2.10. The number of rotatable bonds is 2. The third kappa shape index (κ3) is 2.76. The van der Waals surface area contributed by atoms with Crippen molar-refractivity contribution in [2.24, 2.45) is 0 Å². The molecule has 3 heteroatoms. The Morgan fingerprint density at radius 1 is 1.21 bits per heavy atom. The van der Waals surface area contributed by atoms with E-state index in [0.717, 1.165) is 6.54 Å². The van der Waals surface area contributed by atoms with Crippen molar-refractivity contribution in [3.05, 3.63) is 52.1 Å². The molecule has 76 valence electrons. The Balaban J connectivity index is 2.84. The first-order chi connectivity index (χ1) is 6.39. The molecule has 1 aromatic rings. The van der Waals surface area contributed by atoms with Crippen molar-refractivity contribution in [3.8, 4) is 0 Å². The fourth-order valence-electron chi connectivity index (χ4n) is 1.19. The summed E-state index contributed by atoms with van der Waals surface area (Å²) in [5, 5.41) is 10.2. The lowest BCUT2D eigenvalue weighted by Gasteiger charge is -2.20. The van der Waals surface area contributed by atoms with Crippen LogP contribution in [0.15, 0.2) is 24.3 Å². The van der Waals surface area contributed by atoms with E-state index in [9.17, 15) is 10.1 Å². The van der Waals surface area contributed by atoms with Gasteiger partial charge in [0.15, 0.2) is 0 Å². The maximum Gasteiger partial charge on any atom is 0.136 e. The van der Waals surface area contributed by atoms with Crippen LogP contribution in [0.25, 0.3) is 0 Å². The highest BCUT2D eigenvalue weighted by atomic mass is 16.6. The number of hydrogen-bond donors (Lipinski definition) is 0. The molecule has 0 bridgehead atoms. The third-order valence-electron chi connectivity index (χ3n) is 2.03. The molecule has 14 heavy (non-hydrogen) atoms. The molecule has 0 amide bonds. The molecular weight excluding hydrogens is 178 g/mol. The molecule has 3 nitrogen and oxygen atoms in total. The van der Waals surface area contributed by atoms with Crippen molar-refractivity contribution >= 4 is 0 Å². The zero-order chi connectivity index (χ0) is 10.8. The third-order valence-corrected chi connectivity index (χ3v) is 2.03. The van der Waals surface area contributed by atoms with E-state index in [1.54, 1.807) is 12.1 Å². The molecule has 0 saturated carbocycles. The summed E-state index contributed by atoms with van der Waals surface area (Å²) in [6, 6.07) is 7.39. The Bertz CT molecular complexity index is 322. The normalized spacial score (nSPS) is 11.1. The second kappa shape index (κ2) is 3.70. The Hall–Kier alpha value is -1.51. The first kappa shape index (κ1) is 10.6. The number of hydrogen-bond acceptors (Lipinski definition) is 2. The number of nitro groups is 1. The second-order valence-electron chi connectivity index (χ2n) is 4.29. The number of benzene rings is 1. The second-order valence-corrected chi connectivity index (χ2v) is 4.29. The lowest BCUT2D eigenvalue weighted by atomic mass is 9.87. The molecule has 0 unspecified atom stereocenters. The zero-order valence-electron chi connectivity index (χ0n) is 8.65. The molecular formula is C11H14NO2-. The molecule has 0 N–H and O–H groups in total. The van der Waals surface area contributed by atoms with Crippen LogP contribution in [0.4, 0.5) is 0 Å². The molecule has 0 heterocycles. The van der Waals surface area contributed by atoms with Crippen LogP contribution in [0.2, 0.25) is 0 Å². The van der Waals surface area contributed by atoms with E-state index in [2.05, 4.69) is 20.8 Å². The molecule has 0 aromatic heterocycles. The monoisotopic (exact) mass is 192 g/mol. The largest absolute Gasteiger partial charge is 0.271 e. The SMILES string of the molecule is CC(C)(C)c1ccc([CH-][N+](=O)[O-])cc1. The molecule has 0 aliphatic heterocycles. The van der Waals surface area contributed by atoms with Crippen molar-refractivity contribution in [2.45, 2.75) is 26.2 Å². The maximum absolute atomic E-state index is 10.2. The van der Waals surface area contributed by atoms with E-state index < -0.39 is 4.92 Å². The van der Waals surface area contributed by atoms with Gasteiger partial charge in [-0.15, -0.1) is 17.7 Å². The van der Waals surface area contributed by atoms with Crippen molar-refractivity contribution in [1.82, 2.24) is 0 Å². The lowest BCUT2D eigenvalue weighted by Crippen LogP contribution is -2.10. The van der Waals surface area contributed by atoms with Gasteiger partial charge in [-0.1, -0.05) is 26.3 Å². The molecule has 0 aliphatic rings. The molecule has 1 aromatic carbocycles. The van der Waals surface area contributed by atoms with Crippen LogP contribution >= 0.6 is 0 Å². The Labute approximate surface area is 83.9 Å². The highest BCUT2D eigenvalue weighted by molar-refractivity contribution is 5.29. The van der Waals surface area contributed by atoms with Gasteiger partial charge < -0.3 is 0 Å². The molecule has 0 atom stereocenters. The molecule has 0 spiro atoms. The van der Waals surface area contributed by atoms with Crippen LogP contribution in [0, 0.1) is 16.7 Å².